The molecule has 0 bridgehead atoms. The van der Waals surface area contributed by atoms with Crippen LogP contribution >= 0.6 is 0 Å². The first-order valence-electron chi connectivity index (χ1n) is 9.45. The van der Waals surface area contributed by atoms with Crippen LogP contribution in [0.25, 0.3) is 11.0 Å². The van der Waals surface area contributed by atoms with Crippen LogP contribution in [0.15, 0.2) is 63.0 Å². The number of ketones is 1. The number of phenolic OH excluding ortho intramolecular Hbond substituents is 1. The molecule has 1 N–H and O–H groups in total. The molecule has 5 rings (SSSR count). The number of hydrogen-bond donors (Lipinski definition) is 1. The van der Waals surface area contributed by atoms with Crippen molar-refractivity contribution in [3.63, 3.8) is 0 Å². The molecule has 1 unspecified atom stereocenters. The molecule has 0 amide bonds. The van der Waals surface area contributed by atoms with Crippen molar-refractivity contribution in [2.24, 2.45) is 0 Å². The van der Waals surface area contributed by atoms with Gasteiger partial charge in [0.05, 0.1) is 24.0 Å². The molecule has 1 aliphatic carbocycles. The number of allylic oxidation sites excluding steroid dienone is 2. The molecule has 6 heteroatoms. The third kappa shape index (κ3) is 2.63. The van der Waals surface area contributed by atoms with Gasteiger partial charge >= 0.3 is 5.63 Å². The molecule has 2 aliphatic rings. The summed E-state index contributed by atoms with van der Waals surface area (Å²) in [4.78, 5) is 25.9. The third-order valence-corrected chi connectivity index (χ3v) is 5.55. The highest BCUT2D eigenvalue weighted by molar-refractivity contribution is 6.00. The first kappa shape index (κ1) is 17.6. The summed E-state index contributed by atoms with van der Waals surface area (Å²) in [5.74, 6) is 0.603. The number of benzene rings is 2. The number of ether oxygens (including phenoxy) is 2. The fourth-order valence-corrected chi connectivity index (χ4v) is 4.23. The van der Waals surface area contributed by atoms with Crippen molar-refractivity contribution in [3.05, 3.63) is 75.3 Å². The number of methoxy groups -OCH3 is 1. The van der Waals surface area contributed by atoms with Crippen molar-refractivity contribution < 1.29 is 23.8 Å². The van der Waals surface area contributed by atoms with Gasteiger partial charge in [-0.05, 0) is 36.2 Å². The SMILES string of the molecule is COc1cc(C2C3=C(CCCC3=O)Oc3c2c(=O)oc2ccccc32)ccc1O. The van der Waals surface area contributed by atoms with Crippen molar-refractivity contribution >= 4 is 16.8 Å². The Kier molecular flexibility index (Phi) is 3.94. The minimum absolute atomic E-state index is 0.0155. The van der Waals surface area contributed by atoms with Gasteiger partial charge in [0.1, 0.15) is 17.1 Å². The average molecular weight is 390 g/mol. The van der Waals surface area contributed by atoms with Crippen LogP contribution < -0.4 is 15.1 Å². The molecule has 2 heterocycles. The molecule has 0 saturated heterocycles. The number of hydrogen-bond acceptors (Lipinski definition) is 6. The summed E-state index contributed by atoms with van der Waals surface area (Å²) in [7, 11) is 1.45. The molecule has 1 aliphatic heterocycles. The Bertz CT molecular complexity index is 1250. The van der Waals surface area contributed by atoms with Gasteiger partial charge in [-0.3, -0.25) is 4.79 Å². The van der Waals surface area contributed by atoms with Gasteiger partial charge < -0.3 is 19.0 Å². The number of rotatable bonds is 2. The number of para-hydroxylation sites is 1. The van der Waals surface area contributed by atoms with E-state index in [9.17, 15) is 14.7 Å². The highest BCUT2D eigenvalue weighted by Crippen LogP contribution is 2.48. The van der Waals surface area contributed by atoms with E-state index in [0.29, 0.717) is 58.4 Å². The Balaban J connectivity index is 1.85. The second-order valence-corrected chi connectivity index (χ2v) is 7.21. The number of carbonyl (C=O) groups is 1. The minimum Gasteiger partial charge on any atom is -0.504 e. The second kappa shape index (κ2) is 6.51. The van der Waals surface area contributed by atoms with E-state index in [4.69, 9.17) is 13.9 Å². The molecule has 1 aromatic heterocycles. The molecule has 0 radical (unpaired) electrons. The van der Waals surface area contributed by atoms with E-state index in [-0.39, 0.29) is 17.3 Å². The molecule has 29 heavy (non-hydrogen) atoms. The maximum Gasteiger partial charge on any atom is 0.344 e. The molecular weight excluding hydrogens is 372 g/mol. The topological polar surface area (TPSA) is 86.0 Å². The van der Waals surface area contributed by atoms with Gasteiger partial charge in [0.15, 0.2) is 17.3 Å². The van der Waals surface area contributed by atoms with Crippen LogP contribution in [0.4, 0.5) is 0 Å². The fraction of sp³-hybridized carbons (Fsp3) is 0.217. The van der Waals surface area contributed by atoms with Crippen LogP contribution in [-0.4, -0.2) is 18.0 Å². The van der Waals surface area contributed by atoms with Crippen LogP contribution in [0.5, 0.6) is 17.2 Å². The predicted molar refractivity (Wildman–Crippen MR) is 105 cm³/mol. The van der Waals surface area contributed by atoms with Crippen LogP contribution in [0, 0.1) is 0 Å². The van der Waals surface area contributed by atoms with E-state index >= 15 is 0 Å². The lowest BCUT2D eigenvalue weighted by Crippen LogP contribution is -2.29. The lowest BCUT2D eigenvalue weighted by Gasteiger charge is -2.32. The number of phenols is 1. The Hall–Kier alpha value is -3.54. The minimum atomic E-state index is -0.642. The van der Waals surface area contributed by atoms with Crippen molar-refractivity contribution in [3.8, 4) is 17.2 Å². The Morgan fingerprint density at radius 1 is 1.10 bits per heavy atom. The van der Waals surface area contributed by atoms with E-state index in [2.05, 4.69) is 0 Å². The summed E-state index contributed by atoms with van der Waals surface area (Å²) in [6.45, 7) is 0. The molecule has 3 aromatic rings. The summed E-state index contributed by atoms with van der Waals surface area (Å²) in [5, 5.41) is 10.7. The third-order valence-electron chi connectivity index (χ3n) is 5.55. The molecule has 0 spiro atoms. The highest BCUT2D eigenvalue weighted by Gasteiger charge is 2.40. The summed E-state index contributed by atoms with van der Waals surface area (Å²) < 4.78 is 17.0. The molecule has 1 atom stereocenters. The molecule has 6 nitrogen and oxygen atoms in total. The largest absolute Gasteiger partial charge is 0.504 e. The summed E-state index contributed by atoms with van der Waals surface area (Å²) in [6.07, 6.45) is 1.74. The van der Waals surface area contributed by atoms with Gasteiger partial charge in [-0.2, -0.15) is 0 Å². The first-order valence-corrected chi connectivity index (χ1v) is 9.45. The summed E-state index contributed by atoms with van der Waals surface area (Å²) in [5.41, 5.74) is 1.34. The van der Waals surface area contributed by atoms with Gasteiger partial charge in [0.2, 0.25) is 0 Å². The maximum absolute atomic E-state index is 13.0. The zero-order valence-electron chi connectivity index (χ0n) is 15.7. The van der Waals surface area contributed by atoms with E-state index in [1.54, 1.807) is 24.3 Å². The second-order valence-electron chi connectivity index (χ2n) is 7.21. The molecular formula is C23H18O6. The van der Waals surface area contributed by atoms with Gasteiger partial charge in [-0.25, -0.2) is 4.79 Å². The first-order chi connectivity index (χ1) is 14.1. The van der Waals surface area contributed by atoms with Gasteiger partial charge in [0.25, 0.3) is 0 Å². The Morgan fingerprint density at radius 2 is 1.93 bits per heavy atom. The van der Waals surface area contributed by atoms with E-state index < -0.39 is 11.5 Å². The van der Waals surface area contributed by atoms with Crippen molar-refractivity contribution in [1.82, 2.24) is 0 Å². The van der Waals surface area contributed by atoms with Crippen molar-refractivity contribution in [1.29, 1.82) is 0 Å². The zero-order valence-corrected chi connectivity index (χ0v) is 15.7. The lowest BCUT2D eigenvalue weighted by atomic mass is 9.77. The van der Waals surface area contributed by atoms with Gasteiger partial charge in [0, 0.05) is 18.4 Å². The lowest BCUT2D eigenvalue weighted by molar-refractivity contribution is -0.116. The summed E-state index contributed by atoms with van der Waals surface area (Å²) in [6, 6.07) is 12.0. The Labute approximate surface area is 166 Å². The summed E-state index contributed by atoms with van der Waals surface area (Å²) >= 11 is 0. The van der Waals surface area contributed by atoms with E-state index in [1.165, 1.54) is 13.2 Å². The Morgan fingerprint density at radius 3 is 2.76 bits per heavy atom. The number of aromatic hydroxyl groups is 1. The highest BCUT2D eigenvalue weighted by atomic mass is 16.5. The van der Waals surface area contributed by atoms with Crippen LogP contribution in [0.2, 0.25) is 0 Å². The smallest absolute Gasteiger partial charge is 0.344 e. The maximum atomic E-state index is 13.0. The van der Waals surface area contributed by atoms with Gasteiger partial charge in [-0.15, -0.1) is 0 Å². The molecule has 0 saturated carbocycles. The van der Waals surface area contributed by atoms with Gasteiger partial charge in [-0.1, -0.05) is 18.2 Å². The number of fused-ring (bicyclic) bond motifs is 3. The van der Waals surface area contributed by atoms with E-state index in [0.717, 1.165) is 0 Å². The molecule has 0 fully saturated rings. The number of Topliss-reactive ketones (excluding diaryl/α,β-unsaturated/α-hetero) is 1. The quantitative estimate of drug-likeness (QED) is 0.665. The van der Waals surface area contributed by atoms with E-state index in [1.807, 2.05) is 12.1 Å². The monoisotopic (exact) mass is 390 g/mol. The van der Waals surface area contributed by atoms with Crippen LogP contribution in [0.3, 0.4) is 0 Å². The van der Waals surface area contributed by atoms with Crippen molar-refractivity contribution in [2.45, 2.75) is 25.2 Å². The molecule has 2 aromatic carbocycles. The molecule has 146 valence electrons. The normalized spacial score (nSPS) is 18.2. The zero-order chi connectivity index (χ0) is 20.1. The fourth-order valence-electron chi connectivity index (χ4n) is 4.23. The van der Waals surface area contributed by atoms with Crippen molar-refractivity contribution in [2.75, 3.05) is 7.11 Å². The predicted octanol–water partition coefficient (Wildman–Crippen LogP) is 4.04. The average Bonchev–Trinajstić information content (AvgIpc) is 2.73. The van der Waals surface area contributed by atoms with Crippen LogP contribution in [-0.2, 0) is 4.79 Å². The number of carbonyl (C=O) groups excluding carboxylic acids is 1. The van der Waals surface area contributed by atoms with Crippen LogP contribution in [0.1, 0.15) is 36.3 Å². The standard InChI is InChI=1S/C23H18O6/c1-27-18-11-12(9-10-14(18)24)19-20-15(25)6-4-8-17(20)28-22-13-5-2-3-7-16(13)29-23(26)21(19)22/h2-3,5,7,9-11,19,24H,4,6,8H2,1H3.